The van der Waals surface area contributed by atoms with Crippen molar-refractivity contribution in [3.63, 3.8) is 0 Å². The molecule has 0 aromatic carbocycles. The lowest BCUT2D eigenvalue weighted by Gasteiger charge is -2.07. The van der Waals surface area contributed by atoms with E-state index >= 15 is 0 Å². The van der Waals surface area contributed by atoms with Gasteiger partial charge in [-0.1, -0.05) is 11.6 Å². The molecule has 2 heterocycles. The number of nitrogens with zero attached hydrogens (tertiary/aromatic N) is 1. The summed E-state index contributed by atoms with van der Waals surface area (Å²) in [6, 6.07) is 4.88. The third-order valence-electron chi connectivity index (χ3n) is 2.55. The number of thiophene rings is 1. The molecular formula is C12H14ClN3O2S2. The van der Waals surface area contributed by atoms with E-state index in [0.29, 0.717) is 6.54 Å². The molecular weight excluding hydrogens is 318 g/mol. The molecule has 0 saturated heterocycles. The SMILES string of the molecule is CNCc1cc(S(=O)(=O)Nc2ncccc2Cl)c(C)s1. The summed E-state index contributed by atoms with van der Waals surface area (Å²) in [4.78, 5) is 5.88. The largest absolute Gasteiger partial charge is 0.315 e. The molecule has 0 bridgehead atoms. The lowest BCUT2D eigenvalue weighted by molar-refractivity contribution is 0.601. The number of anilines is 1. The van der Waals surface area contributed by atoms with Gasteiger partial charge >= 0.3 is 0 Å². The Hall–Kier alpha value is -1.15. The minimum absolute atomic E-state index is 0.134. The molecule has 108 valence electrons. The first-order valence-electron chi connectivity index (χ1n) is 5.81. The van der Waals surface area contributed by atoms with Gasteiger partial charge in [0.25, 0.3) is 10.0 Å². The average Bonchev–Trinajstić information content (AvgIpc) is 2.74. The molecule has 0 fully saturated rings. The number of aryl methyl sites for hydroxylation is 1. The molecule has 5 nitrogen and oxygen atoms in total. The van der Waals surface area contributed by atoms with E-state index in [1.165, 1.54) is 17.5 Å². The molecule has 20 heavy (non-hydrogen) atoms. The fourth-order valence-corrected chi connectivity index (χ4v) is 4.60. The molecule has 8 heteroatoms. The average molecular weight is 332 g/mol. The zero-order valence-electron chi connectivity index (χ0n) is 11.0. The van der Waals surface area contributed by atoms with E-state index < -0.39 is 10.0 Å². The van der Waals surface area contributed by atoms with Gasteiger partial charge in [0, 0.05) is 22.5 Å². The second-order valence-electron chi connectivity index (χ2n) is 4.10. The van der Waals surface area contributed by atoms with Crippen LogP contribution in [-0.2, 0) is 16.6 Å². The van der Waals surface area contributed by atoms with Gasteiger partial charge in [0.1, 0.15) is 4.90 Å². The first-order chi connectivity index (χ1) is 9.44. The molecule has 2 N–H and O–H groups in total. The summed E-state index contributed by atoms with van der Waals surface area (Å²) >= 11 is 7.36. The molecule has 2 aromatic heterocycles. The highest BCUT2D eigenvalue weighted by molar-refractivity contribution is 7.93. The molecule has 0 aliphatic heterocycles. The Labute approximate surface area is 127 Å². The number of nitrogens with one attached hydrogen (secondary N) is 2. The van der Waals surface area contributed by atoms with Gasteiger partial charge in [-0.25, -0.2) is 13.4 Å². The van der Waals surface area contributed by atoms with Crippen LogP contribution in [0.5, 0.6) is 0 Å². The smallest absolute Gasteiger partial charge is 0.264 e. The molecule has 0 amide bonds. The maximum Gasteiger partial charge on any atom is 0.264 e. The standard InChI is InChI=1S/C12H14ClN3O2S2/c1-8-11(6-9(19-8)7-14-2)20(17,18)16-12-10(13)4-3-5-15-12/h3-6,14H,7H2,1-2H3,(H,15,16). The van der Waals surface area contributed by atoms with Crippen molar-refractivity contribution in [3.05, 3.63) is 39.2 Å². The maximum absolute atomic E-state index is 12.4. The Morgan fingerprint density at radius 3 is 2.85 bits per heavy atom. The fraction of sp³-hybridized carbons (Fsp3) is 0.250. The van der Waals surface area contributed by atoms with Crippen molar-refractivity contribution in [2.24, 2.45) is 0 Å². The van der Waals surface area contributed by atoms with Gasteiger partial charge in [-0.15, -0.1) is 11.3 Å². The summed E-state index contributed by atoms with van der Waals surface area (Å²) in [5.74, 6) is 0.134. The molecule has 0 radical (unpaired) electrons. The Morgan fingerprint density at radius 2 is 2.20 bits per heavy atom. The van der Waals surface area contributed by atoms with Crippen molar-refractivity contribution in [1.82, 2.24) is 10.3 Å². The highest BCUT2D eigenvalue weighted by atomic mass is 35.5. The minimum atomic E-state index is -3.68. The quantitative estimate of drug-likeness (QED) is 0.883. The maximum atomic E-state index is 12.4. The van der Waals surface area contributed by atoms with Crippen LogP contribution in [0.4, 0.5) is 5.82 Å². The molecule has 2 rings (SSSR count). The fourth-order valence-electron chi connectivity index (χ4n) is 1.70. The number of aromatic nitrogens is 1. The molecule has 0 spiro atoms. The van der Waals surface area contributed by atoms with E-state index in [1.54, 1.807) is 25.1 Å². The summed E-state index contributed by atoms with van der Waals surface area (Å²) in [5, 5.41) is 3.26. The van der Waals surface area contributed by atoms with E-state index in [2.05, 4.69) is 15.0 Å². The van der Waals surface area contributed by atoms with E-state index in [4.69, 9.17) is 11.6 Å². The van der Waals surface area contributed by atoms with Gasteiger partial charge in [-0.05, 0) is 32.2 Å². The minimum Gasteiger partial charge on any atom is -0.315 e. The zero-order valence-corrected chi connectivity index (χ0v) is 13.4. The third-order valence-corrected chi connectivity index (χ3v) is 5.50. The number of rotatable bonds is 5. The zero-order chi connectivity index (χ0) is 14.8. The predicted molar refractivity (Wildman–Crippen MR) is 81.9 cm³/mol. The second kappa shape index (κ2) is 6.09. The molecule has 0 aliphatic rings. The molecule has 0 saturated carbocycles. The Kier molecular flexibility index (Phi) is 4.64. The molecule has 0 aliphatic carbocycles. The summed E-state index contributed by atoms with van der Waals surface area (Å²) in [6.07, 6.45) is 1.48. The van der Waals surface area contributed by atoms with E-state index in [9.17, 15) is 8.42 Å². The van der Waals surface area contributed by atoms with Gasteiger partial charge in [0.05, 0.1) is 5.02 Å². The van der Waals surface area contributed by atoms with Crippen molar-refractivity contribution >= 4 is 38.8 Å². The summed E-state index contributed by atoms with van der Waals surface area (Å²) in [5.41, 5.74) is 0. The Morgan fingerprint density at radius 1 is 1.45 bits per heavy atom. The van der Waals surface area contributed by atoms with Gasteiger partial charge in [-0.3, -0.25) is 4.72 Å². The van der Waals surface area contributed by atoms with Crippen LogP contribution in [0.2, 0.25) is 5.02 Å². The van der Waals surface area contributed by atoms with Crippen molar-refractivity contribution in [2.45, 2.75) is 18.4 Å². The summed E-state index contributed by atoms with van der Waals surface area (Å²) in [7, 11) is -1.86. The predicted octanol–water partition coefficient (Wildman–Crippen LogP) is 2.63. The van der Waals surface area contributed by atoms with Crippen LogP contribution < -0.4 is 10.0 Å². The Balaban J connectivity index is 2.33. The topological polar surface area (TPSA) is 71.1 Å². The van der Waals surface area contributed by atoms with Crippen LogP contribution in [-0.4, -0.2) is 20.4 Å². The van der Waals surface area contributed by atoms with Crippen LogP contribution in [0.1, 0.15) is 9.75 Å². The van der Waals surface area contributed by atoms with Crippen LogP contribution >= 0.6 is 22.9 Å². The second-order valence-corrected chi connectivity index (χ2v) is 7.50. The molecule has 0 atom stereocenters. The van der Waals surface area contributed by atoms with Gasteiger partial charge < -0.3 is 5.32 Å². The van der Waals surface area contributed by atoms with Crippen LogP contribution in [0.3, 0.4) is 0 Å². The summed E-state index contributed by atoms with van der Waals surface area (Å²) in [6.45, 7) is 2.41. The van der Waals surface area contributed by atoms with Gasteiger partial charge in [-0.2, -0.15) is 0 Å². The number of hydrogen-bond donors (Lipinski definition) is 2. The molecule has 2 aromatic rings. The highest BCUT2D eigenvalue weighted by Crippen LogP contribution is 2.28. The van der Waals surface area contributed by atoms with E-state index in [1.807, 2.05) is 7.05 Å². The van der Waals surface area contributed by atoms with Gasteiger partial charge in [0.2, 0.25) is 0 Å². The van der Waals surface area contributed by atoms with Crippen molar-refractivity contribution in [3.8, 4) is 0 Å². The van der Waals surface area contributed by atoms with Crippen molar-refractivity contribution < 1.29 is 8.42 Å². The number of hydrogen-bond acceptors (Lipinski definition) is 5. The highest BCUT2D eigenvalue weighted by Gasteiger charge is 2.21. The van der Waals surface area contributed by atoms with Gasteiger partial charge in [0.15, 0.2) is 5.82 Å². The first-order valence-corrected chi connectivity index (χ1v) is 8.49. The van der Waals surface area contributed by atoms with Crippen LogP contribution in [0.15, 0.2) is 29.3 Å². The Bertz CT molecular complexity index is 713. The lowest BCUT2D eigenvalue weighted by atomic mass is 10.4. The number of sulfonamides is 1. The van der Waals surface area contributed by atoms with Crippen LogP contribution in [0, 0.1) is 6.92 Å². The van der Waals surface area contributed by atoms with Crippen molar-refractivity contribution in [1.29, 1.82) is 0 Å². The number of halogens is 1. The van der Waals surface area contributed by atoms with Crippen LogP contribution in [0.25, 0.3) is 0 Å². The first kappa shape index (κ1) is 15.2. The van der Waals surface area contributed by atoms with E-state index in [0.717, 1.165) is 9.75 Å². The lowest BCUT2D eigenvalue weighted by Crippen LogP contribution is -2.14. The normalized spacial score (nSPS) is 11.6. The summed E-state index contributed by atoms with van der Waals surface area (Å²) < 4.78 is 27.2. The number of pyridine rings is 1. The monoisotopic (exact) mass is 331 g/mol. The van der Waals surface area contributed by atoms with Crippen molar-refractivity contribution in [2.75, 3.05) is 11.8 Å². The third kappa shape index (κ3) is 3.29. The molecule has 0 unspecified atom stereocenters. The van der Waals surface area contributed by atoms with E-state index in [-0.39, 0.29) is 15.7 Å².